The van der Waals surface area contributed by atoms with Crippen molar-refractivity contribution >= 4 is 5.91 Å². The van der Waals surface area contributed by atoms with Crippen molar-refractivity contribution in [3.8, 4) is 0 Å². The van der Waals surface area contributed by atoms with E-state index in [-0.39, 0.29) is 18.0 Å². The summed E-state index contributed by atoms with van der Waals surface area (Å²) in [6.45, 7) is 7.36. The van der Waals surface area contributed by atoms with E-state index in [1.165, 1.54) is 5.56 Å². The number of carbonyl (C=O) groups excluding carboxylic acids is 1. The maximum atomic E-state index is 12.5. The largest absolute Gasteiger partial charge is 0.352 e. The van der Waals surface area contributed by atoms with E-state index < -0.39 is 0 Å². The van der Waals surface area contributed by atoms with Crippen LogP contribution in [-0.4, -0.2) is 18.5 Å². The first kappa shape index (κ1) is 15.0. The van der Waals surface area contributed by atoms with Crippen molar-refractivity contribution in [2.24, 2.45) is 5.92 Å². The molecule has 0 saturated heterocycles. The summed E-state index contributed by atoms with van der Waals surface area (Å²) in [5, 5.41) is 6.53. The Kier molecular flexibility index (Phi) is 5.18. The van der Waals surface area contributed by atoms with E-state index in [1.54, 1.807) is 0 Å². The lowest BCUT2D eigenvalue weighted by Gasteiger charge is -2.29. The van der Waals surface area contributed by atoms with Crippen molar-refractivity contribution in [2.75, 3.05) is 6.54 Å². The van der Waals surface area contributed by atoms with Gasteiger partial charge in [-0.2, -0.15) is 0 Å². The second-order valence-corrected chi connectivity index (χ2v) is 5.71. The van der Waals surface area contributed by atoms with Crippen molar-refractivity contribution in [3.63, 3.8) is 0 Å². The number of fused-ring (bicyclic) bond motifs is 1. The van der Waals surface area contributed by atoms with Crippen molar-refractivity contribution in [1.29, 1.82) is 0 Å². The van der Waals surface area contributed by atoms with Crippen LogP contribution in [0.25, 0.3) is 0 Å². The van der Waals surface area contributed by atoms with Gasteiger partial charge in [0.05, 0.1) is 0 Å². The molecule has 0 saturated carbocycles. The molecule has 0 spiro atoms. The van der Waals surface area contributed by atoms with Gasteiger partial charge in [-0.1, -0.05) is 51.0 Å². The summed E-state index contributed by atoms with van der Waals surface area (Å²) in [5.41, 5.74) is 2.43. The molecule has 0 aromatic heterocycles. The fraction of sp³-hybridized carbons (Fsp3) is 0.588. The van der Waals surface area contributed by atoms with E-state index in [0.717, 1.165) is 31.4 Å². The van der Waals surface area contributed by atoms with Gasteiger partial charge in [0.2, 0.25) is 5.91 Å². The molecule has 1 aliphatic rings. The second-order valence-electron chi connectivity index (χ2n) is 5.71. The van der Waals surface area contributed by atoms with Crippen molar-refractivity contribution in [2.45, 2.75) is 52.1 Å². The Morgan fingerprint density at radius 1 is 1.35 bits per heavy atom. The van der Waals surface area contributed by atoms with Crippen LogP contribution in [0.3, 0.4) is 0 Å². The van der Waals surface area contributed by atoms with Gasteiger partial charge in [-0.25, -0.2) is 0 Å². The molecule has 3 heteroatoms. The van der Waals surface area contributed by atoms with E-state index >= 15 is 0 Å². The summed E-state index contributed by atoms with van der Waals surface area (Å²) in [6, 6.07) is 8.28. The molecule has 0 bridgehead atoms. The maximum absolute atomic E-state index is 12.5. The standard InChI is InChI=1S/C17H26N2O/c1-4-13(5-2)12(3)19-17(20)16-15-9-7-6-8-14(15)10-11-18-16/h6-9,12-13,16,18H,4-5,10-11H2,1-3H3,(H,19,20). The monoisotopic (exact) mass is 274 g/mol. The maximum Gasteiger partial charge on any atom is 0.241 e. The third-order valence-electron chi connectivity index (χ3n) is 4.50. The van der Waals surface area contributed by atoms with Gasteiger partial charge < -0.3 is 10.6 Å². The SMILES string of the molecule is CCC(CC)C(C)NC(=O)C1NCCc2ccccc21. The Morgan fingerprint density at radius 2 is 2.05 bits per heavy atom. The predicted octanol–water partition coefficient (Wildman–Crippen LogP) is 2.81. The number of hydrogen-bond donors (Lipinski definition) is 2. The third kappa shape index (κ3) is 3.21. The van der Waals surface area contributed by atoms with E-state index in [9.17, 15) is 4.79 Å². The topological polar surface area (TPSA) is 41.1 Å². The van der Waals surface area contributed by atoms with Crippen LogP contribution in [0.5, 0.6) is 0 Å². The molecule has 1 amide bonds. The molecular weight excluding hydrogens is 248 g/mol. The number of amides is 1. The molecule has 0 radical (unpaired) electrons. The number of nitrogens with one attached hydrogen (secondary N) is 2. The molecule has 0 fully saturated rings. The molecule has 2 N–H and O–H groups in total. The zero-order valence-electron chi connectivity index (χ0n) is 12.8. The molecule has 20 heavy (non-hydrogen) atoms. The van der Waals surface area contributed by atoms with E-state index in [4.69, 9.17) is 0 Å². The van der Waals surface area contributed by atoms with Crippen LogP contribution in [0, 0.1) is 5.92 Å². The fourth-order valence-corrected chi connectivity index (χ4v) is 3.16. The zero-order chi connectivity index (χ0) is 14.5. The summed E-state index contributed by atoms with van der Waals surface area (Å²) in [5.74, 6) is 0.661. The molecular formula is C17H26N2O. The Labute approximate surface area is 122 Å². The van der Waals surface area contributed by atoms with Crippen molar-refractivity contribution in [3.05, 3.63) is 35.4 Å². The molecule has 1 aliphatic heterocycles. The van der Waals surface area contributed by atoms with Crippen LogP contribution in [0.1, 0.15) is 50.8 Å². The Morgan fingerprint density at radius 3 is 2.75 bits per heavy atom. The van der Waals surface area contributed by atoms with Crippen LogP contribution in [0.4, 0.5) is 0 Å². The summed E-state index contributed by atoms with van der Waals surface area (Å²) < 4.78 is 0. The zero-order valence-corrected chi connectivity index (χ0v) is 12.8. The van der Waals surface area contributed by atoms with Gasteiger partial charge in [0, 0.05) is 12.6 Å². The van der Waals surface area contributed by atoms with E-state index in [1.807, 2.05) is 12.1 Å². The molecule has 1 aromatic carbocycles. The summed E-state index contributed by atoms with van der Waals surface area (Å²) in [7, 11) is 0. The Balaban J connectivity index is 2.07. The third-order valence-corrected chi connectivity index (χ3v) is 4.50. The van der Waals surface area contributed by atoms with E-state index in [2.05, 4.69) is 43.5 Å². The molecule has 110 valence electrons. The van der Waals surface area contributed by atoms with Gasteiger partial charge in [0.1, 0.15) is 6.04 Å². The van der Waals surface area contributed by atoms with Crippen molar-refractivity contribution in [1.82, 2.24) is 10.6 Å². The Bertz CT molecular complexity index is 454. The molecule has 1 aromatic rings. The normalized spacial score (nSPS) is 19.5. The molecule has 2 atom stereocenters. The van der Waals surface area contributed by atoms with Gasteiger partial charge in [0.15, 0.2) is 0 Å². The molecule has 0 aliphatic carbocycles. The highest BCUT2D eigenvalue weighted by molar-refractivity contribution is 5.84. The van der Waals surface area contributed by atoms with Crippen LogP contribution in [0.2, 0.25) is 0 Å². The summed E-state index contributed by atoms with van der Waals surface area (Å²) >= 11 is 0. The average molecular weight is 274 g/mol. The highest BCUT2D eigenvalue weighted by atomic mass is 16.2. The molecule has 1 heterocycles. The lowest BCUT2D eigenvalue weighted by Crippen LogP contribution is -2.46. The lowest BCUT2D eigenvalue weighted by molar-refractivity contribution is -0.124. The van der Waals surface area contributed by atoms with Gasteiger partial charge >= 0.3 is 0 Å². The first-order valence-corrected chi connectivity index (χ1v) is 7.78. The smallest absolute Gasteiger partial charge is 0.241 e. The minimum atomic E-state index is -0.197. The number of hydrogen-bond acceptors (Lipinski definition) is 2. The van der Waals surface area contributed by atoms with Gasteiger partial charge in [-0.15, -0.1) is 0 Å². The first-order chi connectivity index (χ1) is 9.67. The second kappa shape index (κ2) is 6.89. The average Bonchev–Trinajstić information content (AvgIpc) is 2.47. The minimum Gasteiger partial charge on any atom is -0.352 e. The van der Waals surface area contributed by atoms with Crippen LogP contribution >= 0.6 is 0 Å². The summed E-state index contributed by atoms with van der Waals surface area (Å²) in [6.07, 6.45) is 3.21. The van der Waals surface area contributed by atoms with Gasteiger partial charge in [-0.05, 0) is 30.4 Å². The molecule has 2 unspecified atom stereocenters. The molecule has 3 nitrogen and oxygen atoms in total. The number of benzene rings is 1. The van der Waals surface area contributed by atoms with Crippen molar-refractivity contribution < 1.29 is 4.79 Å². The number of rotatable bonds is 5. The van der Waals surface area contributed by atoms with E-state index in [0.29, 0.717) is 5.92 Å². The van der Waals surface area contributed by atoms with Crippen LogP contribution in [-0.2, 0) is 11.2 Å². The summed E-state index contributed by atoms with van der Waals surface area (Å²) in [4.78, 5) is 12.5. The lowest BCUT2D eigenvalue weighted by atomic mass is 9.92. The Hall–Kier alpha value is -1.35. The highest BCUT2D eigenvalue weighted by Crippen LogP contribution is 2.23. The van der Waals surface area contributed by atoms with Crippen LogP contribution < -0.4 is 10.6 Å². The highest BCUT2D eigenvalue weighted by Gasteiger charge is 2.27. The molecule has 2 rings (SSSR count). The van der Waals surface area contributed by atoms with Crippen LogP contribution in [0.15, 0.2) is 24.3 Å². The predicted molar refractivity (Wildman–Crippen MR) is 82.6 cm³/mol. The quantitative estimate of drug-likeness (QED) is 0.867. The minimum absolute atomic E-state index is 0.108. The van der Waals surface area contributed by atoms with Gasteiger partial charge in [0.25, 0.3) is 0 Å². The first-order valence-electron chi connectivity index (χ1n) is 7.78. The fourth-order valence-electron chi connectivity index (χ4n) is 3.16. The van der Waals surface area contributed by atoms with Gasteiger partial charge in [-0.3, -0.25) is 4.79 Å². The number of carbonyl (C=O) groups is 1.